The first-order chi connectivity index (χ1) is 6.79. The number of hydrogen-bond acceptors (Lipinski definition) is 2. The van der Waals surface area contributed by atoms with Crippen molar-refractivity contribution in [2.45, 2.75) is 13.3 Å². The predicted molar refractivity (Wildman–Crippen MR) is 62.5 cm³/mol. The zero-order chi connectivity index (χ0) is 10.4. The van der Waals surface area contributed by atoms with E-state index in [1.807, 2.05) is 6.07 Å². The van der Waals surface area contributed by atoms with Gasteiger partial charge in [-0.05, 0) is 19.4 Å². The van der Waals surface area contributed by atoms with Gasteiger partial charge in [0.05, 0.1) is 10.7 Å². The van der Waals surface area contributed by atoms with Gasteiger partial charge in [-0.15, -0.1) is 11.6 Å². The Hall–Kier alpha value is -0.470. The van der Waals surface area contributed by atoms with Crippen LogP contribution in [0.3, 0.4) is 0 Å². The van der Waals surface area contributed by atoms with E-state index in [-0.39, 0.29) is 0 Å². The Morgan fingerprint density at radius 1 is 1.50 bits per heavy atom. The summed E-state index contributed by atoms with van der Waals surface area (Å²) in [5.74, 6) is 0.680. The molecule has 0 saturated heterocycles. The van der Waals surface area contributed by atoms with Gasteiger partial charge in [-0.1, -0.05) is 11.6 Å². The van der Waals surface area contributed by atoms with E-state index in [1.54, 1.807) is 12.4 Å². The van der Waals surface area contributed by atoms with E-state index in [0.29, 0.717) is 10.9 Å². The minimum absolute atomic E-state index is 0.680. The van der Waals surface area contributed by atoms with Gasteiger partial charge in [0.1, 0.15) is 0 Å². The van der Waals surface area contributed by atoms with Crippen molar-refractivity contribution >= 4 is 28.9 Å². The van der Waals surface area contributed by atoms with Gasteiger partial charge in [0.15, 0.2) is 0 Å². The summed E-state index contributed by atoms with van der Waals surface area (Å²) >= 11 is 11.7. The van der Waals surface area contributed by atoms with Gasteiger partial charge in [-0.3, -0.25) is 4.98 Å². The van der Waals surface area contributed by atoms with E-state index < -0.39 is 0 Å². The van der Waals surface area contributed by atoms with Gasteiger partial charge in [0.25, 0.3) is 0 Å². The molecule has 0 bridgehead atoms. The summed E-state index contributed by atoms with van der Waals surface area (Å²) in [6.45, 7) is 3.97. The highest BCUT2D eigenvalue weighted by atomic mass is 35.5. The molecule has 0 saturated carbocycles. The molecule has 0 aliphatic rings. The second kappa shape index (κ2) is 6.10. The van der Waals surface area contributed by atoms with Gasteiger partial charge < -0.3 is 4.90 Å². The molecule has 0 aliphatic carbocycles. The third-order valence-corrected chi connectivity index (χ3v) is 2.59. The fraction of sp³-hybridized carbons (Fsp3) is 0.500. The van der Waals surface area contributed by atoms with Crippen molar-refractivity contribution in [2.75, 3.05) is 23.9 Å². The van der Waals surface area contributed by atoms with Gasteiger partial charge in [0, 0.05) is 31.4 Å². The predicted octanol–water partition coefficient (Wildman–Crippen LogP) is 3.19. The molecule has 0 aromatic carbocycles. The van der Waals surface area contributed by atoms with Crippen molar-refractivity contribution < 1.29 is 0 Å². The average molecular weight is 233 g/mol. The summed E-state index contributed by atoms with van der Waals surface area (Å²) in [7, 11) is 0. The highest BCUT2D eigenvalue weighted by Crippen LogP contribution is 2.23. The first-order valence-electron chi connectivity index (χ1n) is 4.70. The second-order valence-electron chi connectivity index (χ2n) is 2.95. The third kappa shape index (κ3) is 3.03. The van der Waals surface area contributed by atoms with Crippen LogP contribution in [-0.2, 0) is 0 Å². The van der Waals surface area contributed by atoms with Crippen LogP contribution in [0.2, 0.25) is 5.02 Å². The lowest BCUT2D eigenvalue weighted by atomic mass is 10.3. The lowest BCUT2D eigenvalue weighted by molar-refractivity contribution is 0.794. The van der Waals surface area contributed by atoms with Crippen LogP contribution < -0.4 is 4.90 Å². The summed E-state index contributed by atoms with van der Waals surface area (Å²) in [5.41, 5.74) is 1.04. The maximum atomic E-state index is 6.04. The minimum Gasteiger partial charge on any atom is -0.370 e. The summed E-state index contributed by atoms with van der Waals surface area (Å²) in [4.78, 5) is 6.16. The maximum Gasteiger partial charge on any atom is 0.0822 e. The number of nitrogens with zero attached hydrogens (tertiary/aromatic N) is 2. The van der Waals surface area contributed by atoms with Crippen LogP contribution in [-0.4, -0.2) is 24.0 Å². The van der Waals surface area contributed by atoms with Crippen molar-refractivity contribution in [1.82, 2.24) is 4.98 Å². The molecule has 14 heavy (non-hydrogen) atoms. The quantitative estimate of drug-likeness (QED) is 0.726. The van der Waals surface area contributed by atoms with Crippen molar-refractivity contribution in [1.29, 1.82) is 0 Å². The van der Waals surface area contributed by atoms with Gasteiger partial charge in [0.2, 0.25) is 0 Å². The van der Waals surface area contributed by atoms with Gasteiger partial charge >= 0.3 is 0 Å². The Morgan fingerprint density at radius 3 is 2.86 bits per heavy atom. The Morgan fingerprint density at radius 2 is 2.29 bits per heavy atom. The number of halogens is 2. The number of pyridine rings is 1. The van der Waals surface area contributed by atoms with Crippen LogP contribution in [0.4, 0.5) is 5.69 Å². The molecule has 0 spiro atoms. The average Bonchev–Trinajstić information content (AvgIpc) is 2.21. The number of rotatable bonds is 5. The van der Waals surface area contributed by atoms with E-state index >= 15 is 0 Å². The molecular formula is C10H14Cl2N2. The maximum absolute atomic E-state index is 6.04. The fourth-order valence-corrected chi connectivity index (χ4v) is 1.68. The van der Waals surface area contributed by atoms with E-state index in [0.717, 1.165) is 25.2 Å². The van der Waals surface area contributed by atoms with Crippen molar-refractivity contribution in [3.05, 3.63) is 23.5 Å². The zero-order valence-corrected chi connectivity index (χ0v) is 9.72. The third-order valence-electron chi connectivity index (χ3n) is 2.04. The highest BCUT2D eigenvalue weighted by molar-refractivity contribution is 6.33. The normalized spacial score (nSPS) is 10.2. The van der Waals surface area contributed by atoms with Crippen LogP contribution in [0.15, 0.2) is 18.5 Å². The molecule has 1 aromatic heterocycles. The topological polar surface area (TPSA) is 16.1 Å². The zero-order valence-electron chi connectivity index (χ0n) is 8.21. The number of anilines is 1. The number of aromatic nitrogens is 1. The molecule has 1 rings (SSSR count). The van der Waals surface area contributed by atoms with Crippen molar-refractivity contribution in [3.8, 4) is 0 Å². The van der Waals surface area contributed by atoms with Crippen LogP contribution in [0, 0.1) is 0 Å². The molecule has 4 heteroatoms. The molecule has 1 aromatic rings. The standard InChI is InChI=1S/C10H14Cl2N2/c1-2-14(7-3-5-11)10-4-6-13-8-9(10)12/h4,6,8H,2-3,5,7H2,1H3. The molecule has 0 aliphatic heterocycles. The molecule has 0 amide bonds. The van der Waals surface area contributed by atoms with E-state index in [2.05, 4.69) is 16.8 Å². The molecular weight excluding hydrogens is 219 g/mol. The Balaban J connectivity index is 2.73. The summed E-state index contributed by atoms with van der Waals surface area (Å²) in [6, 6.07) is 1.93. The Labute approximate surface area is 94.8 Å². The highest BCUT2D eigenvalue weighted by Gasteiger charge is 2.07. The molecule has 0 atom stereocenters. The monoisotopic (exact) mass is 232 g/mol. The first-order valence-corrected chi connectivity index (χ1v) is 5.61. The molecule has 78 valence electrons. The lowest BCUT2D eigenvalue weighted by Crippen LogP contribution is -2.24. The Bertz CT molecular complexity index is 279. The van der Waals surface area contributed by atoms with E-state index in [1.165, 1.54) is 0 Å². The molecule has 0 fully saturated rings. The number of alkyl halides is 1. The summed E-state index contributed by atoms with van der Waals surface area (Å²) in [5, 5.41) is 0.698. The van der Waals surface area contributed by atoms with Crippen LogP contribution in [0.25, 0.3) is 0 Å². The molecule has 0 radical (unpaired) electrons. The summed E-state index contributed by atoms with van der Waals surface area (Å²) in [6.07, 6.45) is 4.39. The Kier molecular flexibility index (Phi) is 5.05. The largest absolute Gasteiger partial charge is 0.370 e. The lowest BCUT2D eigenvalue weighted by Gasteiger charge is -2.23. The molecule has 2 nitrogen and oxygen atoms in total. The molecule has 1 heterocycles. The fourth-order valence-electron chi connectivity index (χ4n) is 1.32. The molecule has 0 unspecified atom stereocenters. The van der Waals surface area contributed by atoms with Gasteiger partial charge in [-0.25, -0.2) is 0 Å². The minimum atomic E-state index is 0.680. The van der Waals surface area contributed by atoms with E-state index in [9.17, 15) is 0 Å². The van der Waals surface area contributed by atoms with Crippen molar-refractivity contribution in [2.24, 2.45) is 0 Å². The second-order valence-corrected chi connectivity index (χ2v) is 3.73. The molecule has 0 N–H and O–H groups in total. The van der Waals surface area contributed by atoms with E-state index in [4.69, 9.17) is 23.2 Å². The first kappa shape index (κ1) is 11.6. The van der Waals surface area contributed by atoms with Crippen LogP contribution in [0.5, 0.6) is 0 Å². The SMILES string of the molecule is CCN(CCCCl)c1ccncc1Cl. The summed E-state index contributed by atoms with van der Waals surface area (Å²) < 4.78 is 0. The van der Waals surface area contributed by atoms with Crippen LogP contribution in [0.1, 0.15) is 13.3 Å². The van der Waals surface area contributed by atoms with Crippen LogP contribution >= 0.6 is 23.2 Å². The number of hydrogen-bond donors (Lipinski definition) is 0. The van der Waals surface area contributed by atoms with Crippen molar-refractivity contribution in [3.63, 3.8) is 0 Å². The van der Waals surface area contributed by atoms with Gasteiger partial charge in [-0.2, -0.15) is 0 Å². The smallest absolute Gasteiger partial charge is 0.0822 e.